The van der Waals surface area contributed by atoms with Gasteiger partial charge in [-0.05, 0) is 41.5 Å². The van der Waals surface area contributed by atoms with Crippen LogP contribution in [0.3, 0.4) is 0 Å². The molecule has 0 amide bonds. The molecule has 1 aliphatic heterocycles. The number of benzene rings is 1. The standard InChI is InChI=1S/C22H19BrN6O.ClH/c23-15-3-1-2-14(10-15)17-11-19(28-22-20(17)21(24)26-13-27-22)18-5-4-16(12-25-18)29-6-8-30-9-7-29;/h1-5,10-13H,6-9H2,(H2,24,26,27,28);1H. The van der Waals surface area contributed by atoms with Crippen LogP contribution in [-0.2, 0) is 4.74 Å². The van der Waals surface area contributed by atoms with Crippen LogP contribution >= 0.6 is 28.3 Å². The van der Waals surface area contributed by atoms with Gasteiger partial charge >= 0.3 is 0 Å². The maximum absolute atomic E-state index is 6.19. The lowest BCUT2D eigenvalue weighted by Crippen LogP contribution is -2.36. The van der Waals surface area contributed by atoms with Gasteiger partial charge in [-0.2, -0.15) is 0 Å². The molecule has 4 aromatic rings. The van der Waals surface area contributed by atoms with Gasteiger partial charge in [-0.15, -0.1) is 12.4 Å². The van der Waals surface area contributed by atoms with Gasteiger partial charge in [0.1, 0.15) is 12.1 Å². The smallest absolute Gasteiger partial charge is 0.165 e. The van der Waals surface area contributed by atoms with E-state index in [0.29, 0.717) is 11.5 Å². The molecule has 7 nitrogen and oxygen atoms in total. The summed E-state index contributed by atoms with van der Waals surface area (Å²) in [5.74, 6) is 0.407. The van der Waals surface area contributed by atoms with Crippen molar-refractivity contribution in [1.29, 1.82) is 0 Å². The number of anilines is 2. The minimum Gasteiger partial charge on any atom is -0.383 e. The first-order valence-corrected chi connectivity index (χ1v) is 10.4. The van der Waals surface area contributed by atoms with E-state index in [1.165, 1.54) is 6.33 Å². The van der Waals surface area contributed by atoms with Crippen molar-refractivity contribution in [3.63, 3.8) is 0 Å². The summed E-state index contributed by atoms with van der Waals surface area (Å²) in [6.07, 6.45) is 3.33. The van der Waals surface area contributed by atoms with Crippen LogP contribution in [0.4, 0.5) is 11.5 Å². The third-order valence-electron chi connectivity index (χ3n) is 5.16. The summed E-state index contributed by atoms with van der Waals surface area (Å²) in [5, 5.41) is 0.740. The topological polar surface area (TPSA) is 90.0 Å². The SMILES string of the molecule is Cl.Nc1ncnc2nc(-c3ccc(N4CCOCC4)cn3)cc(-c3cccc(Br)c3)c12. The molecule has 1 fully saturated rings. The third-order valence-corrected chi connectivity index (χ3v) is 5.65. The van der Waals surface area contributed by atoms with E-state index in [1.54, 1.807) is 0 Å². The molecule has 0 spiro atoms. The van der Waals surface area contributed by atoms with E-state index in [9.17, 15) is 0 Å². The molecular weight excluding hydrogens is 480 g/mol. The molecule has 0 radical (unpaired) electrons. The monoisotopic (exact) mass is 498 g/mol. The molecule has 5 rings (SSSR count). The van der Waals surface area contributed by atoms with Gasteiger partial charge in [0.25, 0.3) is 0 Å². The Balaban J connectivity index is 0.00000231. The van der Waals surface area contributed by atoms with Crippen molar-refractivity contribution in [2.45, 2.75) is 0 Å². The molecule has 158 valence electrons. The summed E-state index contributed by atoms with van der Waals surface area (Å²) < 4.78 is 6.41. The highest BCUT2D eigenvalue weighted by Crippen LogP contribution is 2.34. The Hall–Kier alpha value is -2.81. The second-order valence-corrected chi connectivity index (χ2v) is 7.94. The zero-order valence-electron chi connectivity index (χ0n) is 16.5. The number of ether oxygens (including phenoxy) is 1. The summed E-state index contributed by atoms with van der Waals surface area (Å²) in [7, 11) is 0. The molecule has 3 aromatic heterocycles. The lowest BCUT2D eigenvalue weighted by molar-refractivity contribution is 0.122. The first kappa shape index (κ1) is 21.4. The molecule has 2 N–H and O–H groups in total. The number of pyridine rings is 2. The quantitative estimate of drug-likeness (QED) is 0.448. The predicted molar refractivity (Wildman–Crippen MR) is 128 cm³/mol. The van der Waals surface area contributed by atoms with Gasteiger partial charge in [0.2, 0.25) is 0 Å². The Morgan fingerprint density at radius 3 is 2.55 bits per heavy atom. The highest BCUT2D eigenvalue weighted by molar-refractivity contribution is 9.10. The predicted octanol–water partition coefficient (Wildman–Crippen LogP) is 4.36. The number of rotatable bonds is 3. The number of hydrogen-bond acceptors (Lipinski definition) is 7. The summed E-state index contributed by atoms with van der Waals surface area (Å²) >= 11 is 3.55. The van der Waals surface area contributed by atoms with E-state index < -0.39 is 0 Å². The molecule has 31 heavy (non-hydrogen) atoms. The van der Waals surface area contributed by atoms with Crippen molar-refractivity contribution in [1.82, 2.24) is 19.9 Å². The van der Waals surface area contributed by atoms with Crippen LogP contribution < -0.4 is 10.6 Å². The van der Waals surface area contributed by atoms with Gasteiger partial charge in [-0.1, -0.05) is 28.1 Å². The minimum absolute atomic E-state index is 0. The van der Waals surface area contributed by atoms with Crippen molar-refractivity contribution in [3.05, 3.63) is 59.5 Å². The van der Waals surface area contributed by atoms with Crippen molar-refractivity contribution in [2.24, 2.45) is 0 Å². The fraction of sp³-hybridized carbons (Fsp3) is 0.182. The Bertz CT molecular complexity index is 1210. The van der Waals surface area contributed by atoms with E-state index in [-0.39, 0.29) is 12.4 Å². The first-order chi connectivity index (χ1) is 14.7. The lowest BCUT2D eigenvalue weighted by Gasteiger charge is -2.28. The Kier molecular flexibility index (Phi) is 6.31. The van der Waals surface area contributed by atoms with Crippen molar-refractivity contribution in [2.75, 3.05) is 36.9 Å². The highest BCUT2D eigenvalue weighted by atomic mass is 79.9. The Labute approximate surface area is 194 Å². The average Bonchev–Trinajstić information content (AvgIpc) is 2.79. The van der Waals surface area contributed by atoms with Gasteiger partial charge in [0.15, 0.2) is 5.65 Å². The maximum Gasteiger partial charge on any atom is 0.165 e. The minimum atomic E-state index is 0. The van der Waals surface area contributed by atoms with Gasteiger partial charge in [-0.25, -0.2) is 15.0 Å². The van der Waals surface area contributed by atoms with Gasteiger partial charge in [0.05, 0.1) is 41.9 Å². The maximum atomic E-state index is 6.19. The number of aromatic nitrogens is 4. The molecule has 0 aliphatic carbocycles. The number of morpholine rings is 1. The summed E-state index contributed by atoms with van der Waals surface area (Å²) in [6.45, 7) is 3.23. The van der Waals surface area contributed by atoms with Crippen LogP contribution in [0, 0.1) is 0 Å². The fourth-order valence-corrected chi connectivity index (χ4v) is 4.05. The van der Waals surface area contributed by atoms with Crippen LogP contribution in [0.25, 0.3) is 33.5 Å². The van der Waals surface area contributed by atoms with Crippen LogP contribution in [0.15, 0.2) is 59.5 Å². The van der Waals surface area contributed by atoms with Crippen molar-refractivity contribution in [3.8, 4) is 22.5 Å². The molecule has 0 atom stereocenters. The van der Waals surface area contributed by atoms with Crippen molar-refractivity contribution < 1.29 is 4.74 Å². The first-order valence-electron chi connectivity index (χ1n) is 9.65. The normalized spacial score (nSPS) is 13.8. The van der Waals surface area contributed by atoms with Crippen LogP contribution in [0.1, 0.15) is 0 Å². The summed E-state index contributed by atoms with van der Waals surface area (Å²) in [6, 6.07) is 14.1. The molecule has 1 aromatic carbocycles. The second-order valence-electron chi connectivity index (χ2n) is 7.02. The zero-order valence-corrected chi connectivity index (χ0v) is 18.9. The number of hydrogen-bond donors (Lipinski definition) is 1. The van der Waals surface area contributed by atoms with E-state index in [2.05, 4.69) is 41.8 Å². The Morgan fingerprint density at radius 1 is 0.968 bits per heavy atom. The lowest BCUT2D eigenvalue weighted by atomic mass is 10.0. The molecule has 0 unspecified atom stereocenters. The Morgan fingerprint density at radius 2 is 1.81 bits per heavy atom. The summed E-state index contributed by atoms with van der Waals surface area (Å²) in [5.41, 5.74) is 11.3. The number of nitrogens with zero attached hydrogens (tertiary/aromatic N) is 5. The van der Waals surface area contributed by atoms with Gasteiger partial charge in [0, 0.05) is 17.6 Å². The number of halogens is 2. The summed E-state index contributed by atoms with van der Waals surface area (Å²) in [4.78, 5) is 20.2. The average molecular weight is 500 g/mol. The highest BCUT2D eigenvalue weighted by Gasteiger charge is 2.16. The van der Waals surface area contributed by atoms with Crippen LogP contribution in [0.2, 0.25) is 0 Å². The number of fused-ring (bicyclic) bond motifs is 1. The third kappa shape index (κ3) is 4.32. The zero-order chi connectivity index (χ0) is 20.5. The van der Waals surface area contributed by atoms with Crippen molar-refractivity contribution >= 4 is 50.9 Å². The largest absolute Gasteiger partial charge is 0.383 e. The second kappa shape index (κ2) is 9.13. The molecular formula is C22H20BrClN6O. The van der Waals surface area contributed by atoms with Gasteiger partial charge in [-0.3, -0.25) is 4.98 Å². The molecule has 4 heterocycles. The molecule has 1 aliphatic rings. The van der Waals surface area contributed by atoms with E-state index in [0.717, 1.165) is 64.4 Å². The molecule has 1 saturated heterocycles. The van der Waals surface area contributed by atoms with E-state index in [4.69, 9.17) is 15.5 Å². The fourth-order valence-electron chi connectivity index (χ4n) is 3.65. The molecule has 9 heteroatoms. The number of nitrogens with two attached hydrogens (primary N) is 1. The van der Waals surface area contributed by atoms with E-state index in [1.807, 2.05) is 42.6 Å². The molecule has 0 bridgehead atoms. The van der Waals surface area contributed by atoms with E-state index >= 15 is 0 Å². The van der Waals surface area contributed by atoms with Gasteiger partial charge < -0.3 is 15.4 Å². The van der Waals surface area contributed by atoms with Crippen LogP contribution in [-0.4, -0.2) is 46.2 Å². The van der Waals surface area contributed by atoms with Crippen LogP contribution in [0.5, 0.6) is 0 Å². The number of nitrogen functional groups attached to an aromatic ring is 1. The molecule has 0 saturated carbocycles.